The van der Waals surface area contributed by atoms with E-state index in [0.29, 0.717) is 5.75 Å². The van der Waals surface area contributed by atoms with Gasteiger partial charge >= 0.3 is 37.6 Å². The molecule has 2 aromatic carbocycles. The summed E-state index contributed by atoms with van der Waals surface area (Å²) in [4.78, 5) is 0. The predicted octanol–water partition coefficient (Wildman–Crippen LogP) is 8.87. The third kappa shape index (κ3) is 8.98. The molecule has 177 valence electrons. The fourth-order valence-corrected chi connectivity index (χ4v) is 3.55. The van der Waals surface area contributed by atoms with Gasteiger partial charge in [-0.2, -0.15) is 0 Å². The van der Waals surface area contributed by atoms with Crippen LogP contribution in [0.15, 0.2) is 60.7 Å². The van der Waals surface area contributed by atoms with E-state index in [-0.39, 0.29) is 30.2 Å². The summed E-state index contributed by atoms with van der Waals surface area (Å²) in [6.45, 7) is 16.9. The van der Waals surface area contributed by atoms with Crippen LogP contribution >= 0.6 is 24.8 Å². The second kappa shape index (κ2) is 13.4. The first kappa shape index (κ1) is 31.5. The van der Waals surface area contributed by atoms with Crippen LogP contribution < -0.4 is 0 Å². The third-order valence-electron chi connectivity index (χ3n) is 5.16. The van der Waals surface area contributed by atoms with Crippen LogP contribution in [0.4, 0.5) is 0 Å². The standard InChI is InChI=1S/C15H13.C11H16O.C3H6.2ClH.Ti/c1-10-5-3-7-12-13-8-4-6-11(2)15(13)9-14(10)12;1-8-5-9(11(2,3)4)7-10(12)6-8;1-3-2;;;/h3-9H,1-2H3;5-7,12H,1-4H3;1-2H3;2*1H;/q-1;;;;;+1. The van der Waals surface area contributed by atoms with Crippen LogP contribution in [-0.2, 0) is 25.4 Å². The van der Waals surface area contributed by atoms with Crippen molar-refractivity contribution in [3.05, 3.63) is 82.9 Å². The zero-order chi connectivity index (χ0) is 23.3. The number of phenolic OH excluding ortho intramolecular Hbond substituents is 1. The summed E-state index contributed by atoms with van der Waals surface area (Å²) in [6, 6.07) is 21.1. The molecule has 0 aromatic heterocycles. The van der Waals surface area contributed by atoms with Crippen LogP contribution in [0.2, 0.25) is 0 Å². The van der Waals surface area contributed by atoms with Gasteiger partial charge < -0.3 is 5.11 Å². The van der Waals surface area contributed by atoms with Crippen molar-refractivity contribution in [1.29, 1.82) is 0 Å². The van der Waals surface area contributed by atoms with Crippen LogP contribution in [0.25, 0.3) is 21.9 Å². The minimum absolute atomic E-state index is 0. The van der Waals surface area contributed by atoms with Crippen LogP contribution in [0.3, 0.4) is 0 Å². The minimum atomic E-state index is 0. The average molecular weight is 520 g/mol. The number of fused-ring (bicyclic) bond motifs is 3. The number of rotatable bonds is 0. The van der Waals surface area contributed by atoms with Crippen LogP contribution in [-0.4, -0.2) is 8.92 Å². The molecular weight excluding hydrogens is 483 g/mol. The molecule has 1 N–H and O–H groups in total. The van der Waals surface area contributed by atoms with Gasteiger partial charge in [-0.1, -0.05) is 68.3 Å². The van der Waals surface area contributed by atoms with E-state index in [9.17, 15) is 5.11 Å². The van der Waals surface area contributed by atoms with E-state index in [1.807, 2.05) is 13.0 Å². The van der Waals surface area contributed by atoms with Gasteiger partial charge in [0.05, 0.1) is 0 Å². The monoisotopic (exact) mass is 519 g/mol. The Morgan fingerprint density at radius 1 is 0.879 bits per heavy atom. The molecule has 0 heterocycles. The van der Waals surface area contributed by atoms with Crippen LogP contribution in [0.1, 0.15) is 56.9 Å². The van der Waals surface area contributed by atoms with Crippen molar-refractivity contribution in [2.75, 3.05) is 0 Å². The maximum Gasteiger partial charge on any atom is 0.116 e. The molecule has 0 spiro atoms. The van der Waals surface area contributed by atoms with Gasteiger partial charge in [0.2, 0.25) is 0 Å². The molecule has 0 atom stereocenters. The van der Waals surface area contributed by atoms with Crippen LogP contribution in [0, 0.1) is 20.8 Å². The topological polar surface area (TPSA) is 20.2 Å². The zero-order valence-corrected chi connectivity index (χ0v) is 24.2. The Bertz CT molecular complexity index is 1130. The van der Waals surface area contributed by atoms with Gasteiger partial charge in [-0.05, 0) is 42.5 Å². The van der Waals surface area contributed by atoms with Crippen molar-refractivity contribution in [3.8, 4) is 16.9 Å². The van der Waals surface area contributed by atoms with Gasteiger partial charge in [-0.3, -0.25) is 0 Å². The first-order chi connectivity index (χ1) is 14.4. The number of hydrogen-bond donors (Lipinski definition) is 1. The van der Waals surface area contributed by atoms with Crippen molar-refractivity contribution >= 4 is 39.4 Å². The van der Waals surface area contributed by atoms with Crippen molar-refractivity contribution < 1.29 is 25.1 Å². The summed E-state index contributed by atoms with van der Waals surface area (Å²) in [6.07, 6.45) is 0. The third-order valence-corrected chi connectivity index (χ3v) is 5.16. The second-order valence-corrected chi connectivity index (χ2v) is 11.1. The molecular formula is C29H37Cl2OTi. The molecule has 1 nitrogen and oxygen atoms in total. The molecule has 0 saturated carbocycles. The molecule has 2 aliphatic rings. The Morgan fingerprint density at radius 2 is 1.48 bits per heavy atom. The SMILES string of the molecule is C[C](C)=[Ti+].Cc1cc(O)cc(C(C)(C)C)c1.Cc1cccc2c3ccc[c-](C)c-3cc12.Cl.Cl. The molecule has 0 radical (unpaired) electrons. The Morgan fingerprint density at radius 3 is 2.03 bits per heavy atom. The fraction of sp³-hybridized carbons (Fsp3) is 0.310. The first-order valence-electron chi connectivity index (χ1n) is 10.8. The van der Waals surface area contributed by atoms with Gasteiger partial charge in [0, 0.05) is 0 Å². The summed E-state index contributed by atoms with van der Waals surface area (Å²) in [5.41, 5.74) is 7.91. The molecule has 2 aromatic rings. The number of phenols is 1. The number of hydrogen-bond acceptors (Lipinski definition) is 1. The van der Waals surface area contributed by atoms with E-state index < -0.39 is 0 Å². The molecule has 0 fully saturated rings. The molecule has 2 aliphatic carbocycles. The first-order valence-corrected chi connectivity index (χ1v) is 11.6. The largest absolute Gasteiger partial charge is 0.508 e. The van der Waals surface area contributed by atoms with Crippen molar-refractivity contribution in [2.24, 2.45) is 0 Å². The minimum Gasteiger partial charge on any atom is -0.508 e. The summed E-state index contributed by atoms with van der Waals surface area (Å²) < 4.78 is 1.42. The maximum atomic E-state index is 9.36. The Kier molecular flexibility index (Phi) is 12.8. The van der Waals surface area contributed by atoms with E-state index in [1.54, 1.807) is 6.07 Å². The second-order valence-electron chi connectivity index (χ2n) is 9.52. The predicted molar refractivity (Wildman–Crippen MR) is 148 cm³/mol. The molecule has 0 saturated heterocycles. The Balaban J connectivity index is 0.000000518. The van der Waals surface area contributed by atoms with Gasteiger partial charge in [0.15, 0.2) is 0 Å². The smallest absolute Gasteiger partial charge is 0.116 e. The number of benzene rings is 3. The van der Waals surface area contributed by atoms with Crippen molar-refractivity contribution in [1.82, 2.24) is 0 Å². The number of aryl methyl sites for hydroxylation is 3. The molecule has 4 heteroatoms. The molecule has 0 bridgehead atoms. The average Bonchev–Trinajstić information content (AvgIpc) is 3.02. The van der Waals surface area contributed by atoms with E-state index in [4.69, 9.17) is 0 Å². The summed E-state index contributed by atoms with van der Waals surface area (Å²) >= 11 is 2.08. The van der Waals surface area contributed by atoms with E-state index in [0.717, 1.165) is 5.56 Å². The molecule has 0 unspecified atom stereocenters. The maximum absolute atomic E-state index is 9.36. The van der Waals surface area contributed by atoms with E-state index in [2.05, 4.69) is 117 Å². The Labute approximate surface area is 224 Å². The summed E-state index contributed by atoms with van der Waals surface area (Å²) in [5.74, 6) is 0.361. The van der Waals surface area contributed by atoms with Crippen LogP contribution in [0.5, 0.6) is 5.75 Å². The molecule has 33 heavy (non-hydrogen) atoms. The zero-order valence-electron chi connectivity index (χ0n) is 21.0. The van der Waals surface area contributed by atoms with Gasteiger partial charge in [-0.15, -0.1) is 65.8 Å². The van der Waals surface area contributed by atoms with Gasteiger partial charge in [0.1, 0.15) is 5.75 Å². The Hall–Kier alpha value is -1.51. The fourth-order valence-electron chi connectivity index (χ4n) is 3.55. The number of aromatic hydroxyl groups is 1. The van der Waals surface area contributed by atoms with Gasteiger partial charge in [0.25, 0.3) is 0 Å². The quantitative estimate of drug-likeness (QED) is 0.181. The number of halogens is 2. The van der Waals surface area contributed by atoms with Crippen molar-refractivity contribution in [3.63, 3.8) is 0 Å². The van der Waals surface area contributed by atoms with Gasteiger partial charge in [-0.25, -0.2) is 0 Å². The molecule has 0 amide bonds. The van der Waals surface area contributed by atoms with E-state index in [1.165, 1.54) is 42.4 Å². The van der Waals surface area contributed by atoms with E-state index >= 15 is 0 Å². The van der Waals surface area contributed by atoms with Crippen molar-refractivity contribution in [2.45, 2.75) is 60.8 Å². The normalized spacial score (nSPS) is 10.2. The molecule has 4 rings (SSSR count). The summed E-state index contributed by atoms with van der Waals surface area (Å²) in [7, 11) is 0. The molecule has 0 aliphatic heterocycles. The summed E-state index contributed by atoms with van der Waals surface area (Å²) in [5, 5.41) is 12.1.